The molecular formula is C24H23ClN4O3. The highest BCUT2D eigenvalue weighted by atomic mass is 35.5. The van der Waals surface area contributed by atoms with E-state index in [-0.39, 0.29) is 11.6 Å². The zero-order chi connectivity index (χ0) is 22.5. The molecule has 0 saturated heterocycles. The van der Waals surface area contributed by atoms with Crippen LogP contribution in [0.25, 0.3) is 0 Å². The van der Waals surface area contributed by atoms with Crippen LogP contribution in [-0.2, 0) is 19.9 Å². The van der Waals surface area contributed by atoms with Crippen molar-refractivity contribution in [3.8, 4) is 17.5 Å². The Morgan fingerprint density at radius 1 is 1.09 bits per heavy atom. The summed E-state index contributed by atoms with van der Waals surface area (Å²) < 4.78 is 13.2. The molecule has 0 amide bonds. The number of benzene rings is 2. The van der Waals surface area contributed by atoms with E-state index in [1.165, 1.54) is 0 Å². The maximum atomic E-state index is 12.3. The fourth-order valence-electron chi connectivity index (χ4n) is 3.20. The normalized spacial score (nSPS) is 10.8. The highest BCUT2D eigenvalue weighted by molar-refractivity contribution is 6.31. The Morgan fingerprint density at radius 2 is 1.88 bits per heavy atom. The van der Waals surface area contributed by atoms with Crippen LogP contribution in [-0.4, -0.2) is 26.4 Å². The van der Waals surface area contributed by atoms with Gasteiger partial charge in [0.1, 0.15) is 11.5 Å². The molecule has 0 unspecified atom stereocenters. The molecule has 2 heterocycles. The third kappa shape index (κ3) is 5.56. The maximum Gasteiger partial charge on any atom is 0.296 e. The predicted molar refractivity (Wildman–Crippen MR) is 123 cm³/mol. The van der Waals surface area contributed by atoms with Gasteiger partial charge >= 0.3 is 0 Å². The molecule has 164 valence electrons. The van der Waals surface area contributed by atoms with Crippen molar-refractivity contribution in [2.24, 2.45) is 7.05 Å². The van der Waals surface area contributed by atoms with Crippen molar-refractivity contribution in [2.75, 3.05) is 6.61 Å². The van der Waals surface area contributed by atoms with Crippen LogP contribution in [0.3, 0.4) is 0 Å². The van der Waals surface area contributed by atoms with Gasteiger partial charge in [-0.2, -0.15) is 10.1 Å². The quantitative estimate of drug-likeness (QED) is 0.428. The van der Waals surface area contributed by atoms with Crippen molar-refractivity contribution in [1.29, 1.82) is 0 Å². The molecule has 0 aliphatic heterocycles. The van der Waals surface area contributed by atoms with E-state index in [1.54, 1.807) is 17.1 Å². The Labute approximate surface area is 190 Å². The van der Waals surface area contributed by atoms with Gasteiger partial charge in [-0.3, -0.25) is 9.48 Å². The molecule has 0 atom stereocenters. The fraction of sp³-hybridized carbons (Fsp3) is 0.208. The molecule has 32 heavy (non-hydrogen) atoms. The van der Waals surface area contributed by atoms with Crippen LogP contribution in [0.15, 0.2) is 65.8 Å². The average Bonchev–Trinajstić information content (AvgIpc) is 3.18. The van der Waals surface area contributed by atoms with Crippen molar-refractivity contribution >= 4 is 11.6 Å². The molecular weight excluding hydrogens is 428 g/mol. The lowest BCUT2D eigenvalue weighted by molar-refractivity contribution is 0.295. The van der Waals surface area contributed by atoms with E-state index < -0.39 is 0 Å². The molecule has 8 heteroatoms. The van der Waals surface area contributed by atoms with Gasteiger partial charge in [0.25, 0.3) is 11.6 Å². The number of nitrogens with zero attached hydrogens (tertiary/aromatic N) is 3. The lowest BCUT2D eigenvalue weighted by Crippen LogP contribution is -2.16. The van der Waals surface area contributed by atoms with Crippen molar-refractivity contribution in [3.63, 3.8) is 0 Å². The Hall–Kier alpha value is -3.58. The number of aryl methyl sites for hydroxylation is 2. The summed E-state index contributed by atoms with van der Waals surface area (Å²) in [7, 11) is 1.84. The topological polar surface area (TPSA) is 82.0 Å². The van der Waals surface area contributed by atoms with E-state index >= 15 is 0 Å². The van der Waals surface area contributed by atoms with Gasteiger partial charge in [0, 0.05) is 42.9 Å². The molecule has 7 nitrogen and oxygen atoms in total. The second-order valence-corrected chi connectivity index (χ2v) is 7.90. The van der Waals surface area contributed by atoms with Crippen molar-refractivity contribution in [1.82, 2.24) is 19.7 Å². The van der Waals surface area contributed by atoms with Crippen LogP contribution in [0.5, 0.6) is 17.5 Å². The molecule has 0 aliphatic carbocycles. The van der Waals surface area contributed by atoms with Crippen LogP contribution in [0, 0.1) is 6.92 Å². The zero-order valence-electron chi connectivity index (χ0n) is 17.8. The van der Waals surface area contributed by atoms with Gasteiger partial charge in [0.15, 0.2) is 0 Å². The lowest BCUT2D eigenvalue weighted by atomic mass is 10.1. The van der Waals surface area contributed by atoms with E-state index in [1.807, 2.05) is 62.6 Å². The van der Waals surface area contributed by atoms with Crippen molar-refractivity contribution in [3.05, 3.63) is 98.7 Å². The van der Waals surface area contributed by atoms with Crippen molar-refractivity contribution in [2.45, 2.75) is 19.8 Å². The van der Waals surface area contributed by atoms with Gasteiger partial charge in [-0.05, 0) is 53.9 Å². The molecule has 0 saturated carbocycles. The average molecular weight is 451 g/mol. The first-order valence-corrected chi connectivity index (χ1v) is 10.6. The number of H-pyrrole nitrogens is 1. The van der Waals surface area contributed by atoms with Gasteiger partial charge in [0.2, 0.25) is 0 Å². The van der Waals surface area contributed by atoms with E-state index in [0.717, 1.165) is 28.2 Å². The highest BCUT2D eigenvalue weighted by Gasteiger charge is 2.07. The molecule has 2 aromatic carbocycles. The summed E-state index contributed by atoms with van der Waals surface area (Å²) in [4.78, 5) is 19.2. The Balaban J connectivity index is 1.29. The molecule has 0 bridgehead atoms. The minimum atomic E-state index is -0.304. The summed E-state index contributed by atoms with van der Waals surface area (Å²) in [5, 5.41) is 4.82. The summed E-state index contributed by atoms with van der Waals surface area (Å²) in [5.74, 6) is 1.48. The summed E-state index contributed by atoms with van der Waals surface area (Å²) in [5.41, 5.74) is 3.26. The molecule has 0 aliphatic rings. The number of halogens is 1. The molecule has 4 aromatic rings. The lowest BCUT2D eigenvalue weighted by Gasteiger charge is -2.09. The number of aromatic nitrogens is 4. The van der Waals surface area contributed by atoms with Crippen LogP contribution < -0.4 is 15.0 Å². The predicted octanol–water partition coefficient (Wildman–Crippen LogP) is 4.47. The molecule has 1 N–H and O–H groups in total. The van der Waals surface area contributed by atoms with Gasteiger partial charge in [0.05, 0.1) is 12.8 Å². The number of hydrogen-bond acceptors (Lipinski definition) is 5. The number of hydrogen-bond donors (Lipinski definition) is 1. The minimum Gasteiger partial charge on any atom is -0.464 e. The number of rotatable bonds is 8. The second kappa shape index (κ2) is 9.70. The van der Waals surface area contributed by atoms with Crippen LogP contribution in [0.4, 0.5) is 0 Å². The van der Waals surface area contributed by atoms with E-state index in [0.29, 0.717) is 30.0 Å². The van der Waals surface area contributed by atoms with Gasteiger partial charge < -0.3 is 14.5 Å². The van der Waals surface area contributed by atoms with Crippen LogP contribution in [0.1, 0.15) is 22.3 Å². The fourth-order valence-corrected chi connectivity index (χ4v) is 3.31. The van der Waals surface area contributed by atoms with E-state index in [4.69, 9.17) is 21.1 Å². The Bertz CT molecular complexity index is 1260. The first kappa shape index (κ1) is 21.6. The minimum absolute atomic E-state index is 0.211. The zero-order valence-corrected chi connectivity index (χ0v) is 18.6. The summed E-state index contributed by atoms with van der Waals surface area (Å²) in [6, 6.07) is 13.6. The standard InChI is InChI=1S/C24H23ClN4O3/c1-16-11-21(7-8-22(16)25)32-20-5-3-17(4-6-20)9-10-31-24-26-14-19(23(30)28-24)12-18-13-27-29(2)15-18/h3-8,11,13-15H,9-10,12H2,1-2H3,(H,26,28,30). The molecule has 0 radical (unpaired) electrons. The summed E-state index contributed by atoms with van der Waals surface area (Å²) >= 11 is 6.05. The third-order valence-electron chi connectivity index (χ3n) is 4.92. The first-order chi connectivity index (χ1) is 15.5. The highest BCUT2D eigenvalue weighted by Crippen LogP contribution is 2.26. The van der Waals surface area contributed by atoms with Gasteiger partial charge in [-0.25, -0.2) is 0 Å². The maximum absolute atomic E-state index is 12.3. The Morgan fingerprint density at radius 3 is 2.56 bits per heavy atom. The molecule has 0 fully saturated rings. The number of ether oxygens (including phenoxy) is 2. The summed E-state index contributed by atoms with van der Waals surface area (Å²) in [6.07, 6.45) is 6.39. The monoisotopic (exact) mass is 450 g/mol. The van der Waals surface area contributed by atoms with E-state index in [2.05, 4.69) is 15.1 Å². The molecule has 2 aromatic heterocycles. The number of aromatic amines is 1. The Kier molecular flexibility index (Phi) is 6.56. The molecule has 0 spiro atoms. The number of nitrogens with one attached hydrogen (secondary N) is 1. The first-order valence-electron chi connectivity index (χ1n) is 10.2. The van der Waals surface area contributed by atoms with Gasteiger partial charge in [-0.15, -0.1) is 0 Å². The van der Waals surface area contributed by atoms with Crippen molar-refractivity contribution < 1.29 is 9.47 Å². The van der Waals surface area contributed by atoms with Crippen LogP contribution in [0.2, 0.25) is 5.02 Å². The third-order valence-corrected chi connectivity index (χ3v) is 5.34. The van der Waals surface area contributed by atoms with Gasteiger partial charge in [-0.1, -0.05) is 23.7 Å². The largest absolute Gasteiger partial charge is 0.464 e. The van der Waals surface area contributed by atoms with E-state index in [9.17, 15) is 4.79 Å². The SMILES string of the molecule is Cc1cc(Oc2ccc(CCOc3nc(=O)c(Cc4cnn(C)c4)c[nH]3)cc2)ccc1Cl. The smallest absolute Gasteiger partial charge is 0.296 e. The summed E-state index contributed by atoms with van der Waals surface area (Å²) in [6.45, 7) is 2.33. The molecule has 4 rings (SSSR count). The second-order valence-electron chi connectivity index (χ2n) is 7.49. The van der Waals surface area contributed by atoms with Crippen LogP contribution >= 0.6 is 11.6 Å².